The number of nitrogens with zero attached hydrogens (tertiary/aromatic N) is 3. The van der Waals surface area contributed by atoms with Crippen LogP contribution in [0.2, 0.25) is 0 Å². The number of piperidine rings is 1. The molecule has 8 nitrogen and oxygen atoms in total. The van der Waals surface area contributed by atoms with Crippen molar-refractivity contribution in [2.24, 2.45) is 0 Å². The molecule has 0 spiro atoms. The predicted molar refractivity (Wildman–Crippen MR) is 127 cm³/mol. The molecule has 1 aromatic carbocycles. The number of carbonyl (C=O) groups is 1. The van der Waals surface area contributed by atoms with Crippen molar-refractivity contribution in [1.82, 2.24) is 19.5 Å². The van der Waals surface area contributed by atoms with E-state index < -0.39 is 10.0 Å². The SMILES string of the molecule is Cc1ccc(NC(=O)CSc2n[nH]c(Cc3cccs3)n2)cc1S(=O)(=O)N1CCCCC1. The number of sulfonamides is 1. The summed E-state index contributed by atoms with van der Waals surface area (Å²) in [6.45, 7) is 2.86. The minimum Gasteiger partial charge on any atom is -0.325 e. The monoisotopic (exact) mass is 491 g/mol. The molecule has 1 aliphatic rings. The van der Waals surface area contributed by atoms with Crippen molar-refractivity contribution in [2.75, 3.05) is 24.2 Å². The van der Waals surface area contributed by atoms with Gasteiger partial charge in [0.15, 0.2) is 0 Å². The fourth-order valence-corrected chi connectivity index (χ4v) is 6.62. The predicted octanol–water partition coefficient (Wildman–Crippen LogP) is 3.67. The van der Waals surface area contributed by atoms with E-state index in [4.69, 9.17) is 0 Å². The van der Waals surface area contributed by atoms with Crippen LogP contribution in [0.15, 0.2) is 45.8 Å². The van der Waals surface area contributed by atoms with Gasteiger partial charge in [0.05, 0.1) is 10.6 Å². The third-order valence-corrected chi connectivity index (χ3v) is 8.93. The third kappa shape index (κ3) is 5.58. The molecule has 1 amide bonds. The number of H-pyrrole nitrogens is 1. The fraction of sp³-hybridized carbons (Fsp3) is 0.381. The summed E-state index contributed by atoms with van der Waals surface area (Å²) in [5.74, 6) is 0.629. The van der Waals surface area contributed by atoms with Crippen molar-refractivity contribution in [3.8, 4) is 0 Å². The Morgan fingerprint density at radius 3 is 2.81 bits per heavy atom. The molecule has 0 radical (unpaired) electrons. The third-order valence-electron chi connectivity index (χ3n) is 5.17. The summed E-state index contributed by atoms with van der Waals surface area (Å²) < 4.78 is 27.7. The Morgan fingerprint density at radius 1 is 1.25 bits per heavy atom. The van der Waals surface area contributed by atoms with Crippen LogP contribution in [0, 0.1) is 6.92 Å². The lowest BCUT2D eigenvalue weighted by Crippen LogP contribution is -2.36. The van der Waals surface area contributed by atoms with Gasteiger partial charge in [-0.2, -0.15) is 4.31 Å². The topological polar surface area (TPSA) is 108 Å². The molecule has 1 saturated heterocycles. The summed E-state index contributed by atoms with van der Waals surface area (Å²) in [6, 6.07) is 9.03. The number of thiophene rings is 1. The number of hydrogen-bond acceptors (Lipinski definition) is 7. The zero-order valence-electron chi connectivity index (χ0n) is 17.7. The van der Waals surface area contributed by atoms with Crippen LogP contribution in [0.1, 0.15) is 35.5 Å². The van der Waals surface area contributed by atoms with E-state index in [1.165, 1.54) is 20.9 Å². The number of benzene rings is 1. The number of rotatable bonds is 8. The van der Waals surface area contributed by atoms with Crippen molar-refractivity contribution in [1.29, 1.82) is 0 Å². The minimum absolute atomic E-state index is 0.123. The summed E-state index contributed by atoms with van der Waals surface area (Å²) >= 11 is 2.88. The first-order valence-corrected chi connectivity index (χ1v) is 13.7. The van der Waals surface area contributed by atoms with E-state index in [1.54, 1.807) is 36.5 Å². The van der Waals surface area contributed by atoms with Crippen molar-refractivity contribution in [3.05, 3.63) is 52.0 Å². The van der Waals surface area contributed by atoms with E-state index in [0.29, 0.717) is 35.9 Å². The maximum absolute atomic E-state index is 13.1. The second kappa shape index (κ2) is 10.2. The van der Waals surface area contributed by atoms with Crippen LogP contribution < -0.4 is 5.32 Å². The highest BCUT2D eigenvalue weighted by molar-refractivity contribution is 7.99. The molecule has 0 saturated carbocycles. The molecule has 170 valence electrons. The molecule has 0 unspecified atom stereocenters. The molecule has 1 aliphatic heterocycles. The summed E-state index contributed by atoms with van der Waals surface area (Å²) in [5, 5.41) is 12.4. The zero-order chi connectivity index (χ0) is 22.6. The second-order valence-electron chi connectivity index (χ2n) is 7.60. The molecule has 3 heterocycles. The van der Waals surface area contributed by atoms with Crippen molar-refractivity contribution in [3.63, 3.8) is 0 Å². The van der Waals surface area contributed by atoms with Crippen LogP contribution in [0.25, 0.3) is 0 Å². The largest absolute Gasteiger partial charge is 0.325 e. The second-order valence-corrected chi connectivity index (χ2v) is 11.5. The van der Waals surface area contributed by atoms with Crippen molar-refractivity contribution in [2.45, 2.75) is 42.7 Å². The van der Waals surface area contributed by atoms with E-state index in [9.17, 15) is 13.2 Å². The van der Waals surface area contributed by atoms with Gasteiger partial charge in [0.2, 0.25) is 21.1 Å². The molecule has 2 N–H and O–H groups in total. The van der Waals surface area contributed by atoms with Crippen LogP contribution in [-0.4, -0.2) is 52.7 Å². The Morgan fingerprint density at radius 2 is 2.06 bits per heavy atom. The highest BCUT2D eigenvalue weighted by Gasteiger charge is 2.27. The van der Waals surface area contributed by atoms with Crippen molar-refractivity contribution < 1.29 is 13.2 Å². The lowest BCUT2D eigenvalue weighted by atomic mass is 10.2. The Hall–Kier alpha value is -2.21. The molecule has 0 bridgehead atoms. The van der Waals surface area contributed by atoms with Gasteiger partial charge in [0.1, 0.15) is 5.82 Å². The number of aromatic nitrogens is 3. The smallest absolute Gasteiger partial charge is 0.243 e. The normalized spacial score (nSPS) is 15.0. The Balaban J connectivity index is 1.36. The molecular formula is C21H25N5O3S3. The molecule has 2 aromatic heterocycles. The summed E-state index contributed by atoms with van der Waals surface area (Å²) in [5.41, 5.74) is 1.13. The van der Waals surface area contributed by atoms with Gasteiger partial charge in [-0.25, -0.2) is 13.4 Å². The standard InChI is InChI=1S/C21H25N5O3S3/c1-15-7-8-16(12-18(15)32(28,29)26-9-3-2-4-10-26)22-20(27)14-31-21-23-19(24-25-21)13-17-6-5-11-30-17/h5-8,11-12H,2-4,9-10,13-14H2,1H3,(H,22,27)(H,23,24,25). The number of nitrogens with one attached hydrogen (secondary N) is 2. The molecule has 4 rings (SSSR count). The number of aryl methyl sites for hydroxylation is 1. The van der Waals surface area contributed by atoms with E-state index in [0.717, 1.165) is 25.1 Å². The average Bonchev–Trinajstić information content (AvgIpc) is 3.47. The Bertz CT molecular complexity index is 1170. The van der Waals surface area contributed by atoms with E-state index in [2.05, 4.69) is 20.5 Å². The minimum atomic E-state index is -3.57. The van der Waals surface area contributed by atoms with Gasteiger partial charge < -0.3 is 5.32 Å². The highest BCUT2D eigenvalue weighted by atomic mass is 32.2. The first-order valence-electron chi connectivity index (χ1n) is 10.4. The summed E-state index contributed by atoms with van der Waals surface area (Å²) in [7, 11) is -3.57. The zero-order valence-corrected chi connectivity index (χ0v) is 20.2. The average molecular weight is 492 g/mol. The van der Waals surface area contributed by atoms with E-state index in [1.807, 2.05) is 17.5 Å². The molecule has 0 aliphatic carbocycles. The van der Waals surface area contributed by atoms with Crippen LogP contribution >= 0.6 is 23.1 Å². The quantitative estimate of drug-likeness (QED) is 0.466. The lowest BCUT2D eigenvalue weighted by molar-refractivity contribution is -0.113. The Kier molecular flexibility index (Phi) is 7.29. The number of thioether (sulfide) groups is 1. The maximum atomic E-state index is 13.1. The van der Waals surface area contributed by atoms with Gasteiger partial charge in [0.25, 0.3) is 0 Å². The van der Waals surface area contributed by atoms with Gasteiger partial charge in [-0.1, -0.05) is 30.3 Å². The molecule has 3 aromatic rings. The van der Waals surface area contributed by atoms with Gasteiger partial charge >= 0.3 is 0 Å². The first-order chi connectivity index (χ1) is 15.4. The number of carbonyl (C=O) groups excluding carboxylic acids is 1. The van der Waals surface area contributed by atoms with Gasteiger partial charge in [-0.15, -0.1) is 16.4 Å². The van der Waals surface area contributed by atoms with Gasteiger partial charge in [-0.3, -0.25) is 9.89 Å². The number of anilines is 1. The Labute approximate surface area is 195 Å². The first kappa shape index (κ1) is 23.0. The molecule has 11 heteroatoms. The molecule has 32 heavy (non-hydrogen) atoms. The highest BCUT2D eigenvalue weighted by Crippen LogP contribution is 2.26. The molecule has 1 fully saturated rings. The summed E-state index contributed by atoms with van der Waals surface area (Å²) in [4.78, 5) is 18.3. The van der Waals surface area contributed by atoms with Crippen molar-refractivity contribution >= 4 is 44.7 Å². The lowest BCUT2D eigenvalue weighted by Gasteiger charge is -2.26. The van der Waals surface area contributed by atoms with Crippen LogP contribution in [0.5, 0.6) is 0 Å². The van der Waals surface area contributed by atoms with E-state index >= 15 is 0 Å². The fourth-order valence-electron chi connectivity index (χ4n) is 3.53. The molecular weight excluding hydrogens is 466 g/mol. The van der Waals surface area contributed by atoms with Crippen LogP contribution in [0.4, 0.5) is 5.69 Å². The maximum Gasteiger partial charge on any atom is 0.243 e. The summed E-state index contributed by atoms with van der Waals surface area (Å²) in [6.07, 6.45) is 3.48. The number of aromatic amines is 1. The van der Waals surface area contributed by atoms with Gasteiger partial charge in [-0.05, 0) is 48.9 Å². The van der Waals surface area contributed by atoms with Crippen LogP contribution in [-0.2, 0) is 21.2 Å². The van der Waals surface area contributed by atoms with E-state index in [-0.39, 0.29) is 16.6 Å². The van der Waals surface area contributed by atoms with Gasteiger partial charge in [0, 0.05) is 30.1 Å². The molecule has 0 atom stereocenters. The van der Waals surface area contributed by atoms with Crippen LogP contribution in [0.3, 0.4) is 0 Å². The number of hydrogen-bond donors (Lipinski definition) is 2. The number of amides is 1.